The summed E-state index contributed by atoms with van der Waals surface area (Å²) in [5.41, 5.74) is 0.222. The summed E-state index contributed by atoms with van der Waals surface area (Å²) >= 11 is 0. The molecule has 0 aromatic carbocycles. The Morgan fingerprint density at radius 2 is 2.17 bits per heavy atom. The molecule has 2 heterocycles. The Kier molecular flexibility index (Phi) is 3.46. The Labute approximate surface area is 103 Å². The molecule has 0 aliphatic heterocycles. The maximum Gasteiger partial charge on any atom is 0.278 e. The van der Waals surface area contributed by atoms with Crippen molar-refractivity contribution in [1.29, 1.82) is 0 Å². The highest BCUT2D eigenvalue weighted by molar-refractivity contribution is 6.01. The number of aryl methyl sites for hydroxylation is 1. The Hall–Kier alpha value is -2.51. The van der Waals surface area contributed by atoms with Gasteiger partial charge in [0.15, 0.2) is 0 Å². The van der Waals surface area contributed by atoms with Crippen molar-refractivity contribution in [2.45, 2.75) is 6.92 Å². The van der Waals surface area contributed by atoms with Crippen LogP contribution in [0.2, 0.25) is 0 Å². The van der Waals surface area contributed by atoms with Crippen molar-refractivity contribution >= 4 is 17.7 Å². The molecule has 2 aromatic heterocycles. The Balaban J connectivity index is 2.07. The zero-order valence-electron chi connectivity index (χ0n) is 10.1. The molecule has 0 radical (unpaired) electrons. The third kappa shape index (κ3) is 2.59. The molecule has 2 N–H and O–H groups in total. The van der Waals surface area contributed by atoms with Gasteiger partial charge in [-0.05, 0) is 6.92 Å². The highest BCUT2D eigenvalue weighted by Gasteiger charge is 2.11. The van der Waals surface area contributed by atoms with Gasteiger partial charge in [0.25, 0.3) is 5.91 Å². The summed E-state index contributed by atoms with van der Waals surface area (Å²) in [5.74, 6) is 0.618. The van der Waals surface area contributed by atoms with Crippen LogP contribution in [0.25, 0.3) is 0 Å². The number of nitrogens with zero attached hydrogens (tertiary/aromatic N) is 5. The fourth-order valence-corrected chi connectivity index (χ4v) is 1.29. The minimum atomic E-state index is -0.373. The zero-order chi connectivity index (χ0) is 13.0. The van der Waals surface area contributed by atoms with E-state index in [-0.39, 0.29) is 11.6 Å². The molecule has 0 aliphatic carbocycles. The van der Waals surface area contributed by atoms with Crippen molar-refractivity contribution in [2.75, 3.05) is 17.2 Å². The smallest absolute Gasteiger partial charge is 0.278 e. The average Bonchev–Trinajstić information content (AvgIpc) is 2.76. The van der Waals surface area contributed by atoms with Gasteiger partial charge in [-0.2, -0.15) is 10.1 Å². The number of carbonyl (C=O) groups excluding carboxylic acids is 1. The monoisotopic (exact) mass is 247 g/mol. The van der Waals surface area contributed by atoms with Gasteiger partial charge in [-0.3, -0.25) is 10.1 Å². The Morgan fingerprint density at radius 3 is 2.72 bits per heavy atom. The van der Waals surface area contributed by atoms with Gasteiger partial charge in [0.1, 0.15) is 17.8 Å². The van der Waals surface area contributed by atoms with Crippen molar-refractivity contribution in [3.05, 3.63) is 24.4 Å². The van der Waals surface area contributed by atoms with Crippen molar-refractivity contribution < 1.29 is 4.79 Å². The van der Waals surface area contributed by atoms with Crippen LogP contribution in [0.4, 0.5) is 11.8 Å². The van der Waals surface area contributed by atoms with Crippen LogP contribution in [-0.4, -0.2) is 37.2 Å². The van der Waals surface area contributed by atoms with E-state index in [0.717, 1.165) is 6.54 Å². The van der Waals surface area contributed by atoms with Crippen LogP contribution in [0.3, 0.4) is 0 Å². The summed E-state index contributed by atoms with van der Waals surface area (Å²) in [6.45, 7) is 2.70. The van der Waals surface area contributed by atoms with Crippen LogP contribution in [-0.2, 0) is 7.05 Å². The summed E-state index contributed by atoms with van der Waals surface area (Å²) in [5, 5.41) is 9.43. The Bertz CT molecular complexity index is 533. The first-order chi connectivity index (χ1) is 8.70. The highest BCUT2D eigenvalue weighted by atomic mass is 16.2. The van der Waals surface area contributed by atoms with Crippen LogP contribution in [0.1, 0.15) is 17.4 Å². The summed E-state index contributed by atoms with van der Waals surface area (Å²) < 4.78 is 1.46. The van der Waals surface area contributed by atoms with Crippen molar-refractivity contribution in [2.24, 2.45) is 7.05 Å². The molecular formula is C10H13N7O. The van der Waals surface area contributed by atoms with Crippen molar-refractivity contribution in [3.63, 3.8) is 0 Å². The lowest BCUT2D eigenvalue weighted by atomic mass is 10.4. The molecule has 0 bridgehead atoms. The fraction of sp³-hybridized carbons (Fsp3) is 0.300. The molecule has 0 fully saturated rings. The number of amides is 1. The summed E-state index contributed by atoms with van der Waals surface area (Å²) in [6.07, 6.45) is 4.27. The third-order valence-electron chi connectivity index (χ3n) is 2.18. The molecule has 0 spiro atoms. The van der Waals surface area contributed by atoms with E-state index in [1.165, 1.54) is 23.4 Å². The van der Waals surface area contributed by atoms with Gasteiger partial charge < -0.3 is 5.32 Å². The molecule has 0 saturated carbocycles. The van der Waals surface area contributed by atoms with E-state index in [9.17, 15) is 4.79 Å². The molecule has 0 unspecified atom stereocenters. The zero-order valence-corrected chi connectivity index (χ0v) is 10.1. The van der Waals surface area contributed by atoms with Gasteiger partial charge >= 0.3 is 0 Å². The second-order valence-electron chi connectivity index (χ2n) is 3.48. The average molecular weight is 247 g/mol. The number of nitrogens with one attached hydrogen (secondary N) is 2. The van der Waals surface area contributed by atoms with Gasteiger partial charge in [0.05, 0.1) is 12.4 Å². The molecule has 0 aliphatic rings. The van der Waals surface area contributed by atoms with Gasteiger partial charge in [-0.25, -0.2) is 14.6 Å². The predicted octanol–water partition coefficient (Wildman–Crippen LogP) is 0.289. The molecule has 1 amide bonds. The van der Waals surface area contributed by atoms with Crippen LogP contribution in [0.15, 0.2) is 18.7 Å². The number of rotatable bonds is 4. The van der Waals surface area contributed by atoms with Gasteiger partial charge in [0, 0.05) is 13.6 Å². The second kappa shape index (κ2) is 5.21. The van der Waals surface area contributed by atoms with Gasteiger partial charge in [-0.15, -0.1) is 0 Å². The first kappa shape index (κ1) is 12.0. The van der Waals surface area contributed by atoms with Crippen LogP contribution in [0.5, 0.6) is 0 Å². The SMILES string of the molecule is CCNc1cnc(C(=O)Nc2ncnn2C)cn1. The minimum Gasteiger partial charge on any atom is -0.369 e. The molecule has 8 nitrogen and oxygen atoms in total. The van der Waals surface area contributed by atoms with E-state index in [4.69, 9.17) is 0 Å². The highest BCUT2D eigenvalue weighted by Crippen LogP contribution is 2.04. The second-order valence-corrected chi connectivity index (χ2v) is 3.48. The number of hydrogen-bond donors (Lipinski definition) is 2. The molecule has 8 heteroatoms. The first-order valence-corrected chi connectivity index (χ1v) is 5.42. The lowest BCUT2D eigenvalue weighted by Crippen LogP contribution is -2.17. The quantitative estimate of drug-likeness (QED) is 0.805. The summed E-state index contributed by atoms with van der Waals surface area (Å²) in [4.78, 5) is 23.8. The van der Waals surface area contributed by atoms with E-state index in [1.807, 2.05) is 6.92 Å². The molecule has 18 heavy (non-hydrogen) atoms. The van der Waals surface area contributed by atoms with Crippen molar-refractivity contribution in [3.8, 4) is 0 Å². The maximum atomic E-state index is 11.8. The first-order valence-electron chi connectivity index (χ1n) is 5.42. The minimum absolute atomic E-state index is 0.222. The van der Waals surface area contributed by atoms with Crippen LogP contribution < -0.4 is 10.6 Å². The standard InChI is InChI=1S/C10H13N7O/c1-3-11-8-5-12-7(4-13-8)9(18)16-10-14-6-15-17(10)2/h4-6H,3H2,1-2H3,(H,11,13)(H,14,15,16,18). The van der Waals surface area contributed by atoms with Crippen molar-refractivity contribution in [1.82, 2.24) is 24.7 Å². The Morgan fingerprint density at radius 1 is 1.33 bits per heavy atom. The largest absolute Gasteiger partial charge is 0.369 e. The number of aromatic nitrogens is 5. The third-order valence-corrected chi connectivity index (χ3v) is 2.18. The molecule has 94 valence electrons. The topological polar surface area (TPSA) is 97.6 Å². The normalized spacial score (nSPS) is 10.1. The van der Waals surface area contributed by atoms with E-state index >= 15 is 0 Å². The van der Waals surface area contributed by atoms with Crippen LogP contribution in [0, 0.1) is 0 Å². The lowest BCUT2D eigenvalue weighted by Gasteiger charge is -2.04. The van der Waals surface area contributed by atoms with Gasteiger partial charge in [-0.1, -0.05) is 0 Å². The molecule has 2 rings (SSSR count). The lowest BCUT2D eigenvalue weighted by molar-refractivity contribution is 0.102. The number of hydrogen-bond acceptors (Lipinski definition) is 6. The summed E-state index contributed by atoms with van der Waals surface area (Å²) in [7, 11) is 1.68. The molecule has 0 saturated heterocycles. The predicted molar refractivity (Wildman–Crippen MR) is 65.2 cm³/mol. The van der Waals surface area contributed by atoms with E-state index < -0.39 is 0 Å². The molecular weight excluding hydrogens is 234 g/mol. The van der Waals surface area contributed by atoms with Gasteiger partial charge in [0.2, 0.25) is 5.95 Å². The van der Waals surface area contributed by atoms with E-state index in [0.29, 0.717) is 11.8 Å². The fourth-order valence-electron chi connectivity index (χ4n) is 1.29. The molecule has 2 aromatic rings. The van der Waals surface area contributed by atoms with E-state index in [2.05, 4.69) is 30.7 Å². The van der Waals surface area contributed by atoms with E-state index in [1.54, 1.807) is 7.05 Å². The maximum absolute atomic E-state index is 11.8. The number of anilines is 2. The number of carbonyl (C=O) groups is 1. The molecule has 0 atom stereocenters. The van der Waals surface area contributed by atoms with Crippen LogP contribution >= 0.6 is 0 Å². The summed E-state index contributed by atoms with van der Waals surface area (Å²) in [6, 6.07) is 0.